The Balaban J connectivity index is 1.66. The minimum atomic E-state index is -0.204. The predicted molar refractivity (Wildman–Crippen MR) is 87.8 cm³/mol. The second-order valence-electron chi connectivity index (χ2n) is 5.76. The Morgan fingerprint density at radius 3 is 2.81 bits per heavy atom. The number of nitrogens with one attached hydrogen (secondary N) is 1. The maximum Gasteiger partial charge on any atom is 0.221 e. The molecule has 1 fully saturated rings. The summed E-state index contributed by atoms with van der Waals surface area (Å²) in [5.41, 5.74) is 2.10. The van der Waals surface area contributed by atoms with Gasteiger partial charge >= 0.3 is 0 Å². The first kappa shape index (κ1) is 14.7. The van der Waals surface area contributed by atoms with Gasteiger partial charge in [-0.25, -0.2) is 4.98 Å². The highest BCUT2D eigenvalue weighted by Gasteiger charge is 2.39. The number of carbonyl (C=O) groups excluding carboxylic acids is 1. The minimum absolute atomic E-state index is 0.149. The lowest BCUT2D eigenvalue weighted by atomic mass is 9.98. The highest BCUT2D eigenvalue weighted by molar-refractivity contribution is 7.09. The van der Waals surface area contributed by atoms with E-state index in [1.807, 2.05) is 6.92 Å². The van der Waals surface area contributed by atoms with Gasteiger partial charge in [-0.1, -0.05) is 12.8 Å². The minimum Gasteiger partial charge on any atom is -0.344 e. The van der Waals surface area contributed by atoms with E-state index in [4.69, 9.17) is 0 Å². The van der Waals surface area contributed by atoms with E-state index in [0.29, 0.717) is 6.42 Å². The number of aryl methyl sites for hydroxylation is 2. The molecule has 1 aliphatic rings. The van der Waals surface area contributed by atoms with Crippen molar-refractivity contribution in [2.24, 2.45) is 0 Å². The van der Waals surface area contributed by atoms with Gasteiger partial charge in [0.15, 0.2) is 0 Å². The third-order valence-electron chi connectivity index (χ3n) is 4.09. The fourth-order valence-electron chi connectivity index (χ4n) is 2.97. The fourth-order valence-corrected chi connectivity index (χ4v) is 4.68. The number of aromatic nitrogens is 1. The van der Waals surface area contributed by atoms with Gasteiger partial charge in [0.05, 0.1) is 5.54 Å². The summed E-state index contributed by atoms with van der Waals surface area (Å²) in [5.74, 6) is 0.149. The predicted octanol–water partition coefficient (Wildman–Crippen LogP) is 4.03. The van der Waals surface area contributed by atoms with Crippen LogP contribution >= 0.6 is 22.7 Å². The van der Waals surface area contributed by atoms with Crippen LogP contribution < -0.4 is 5.32 Å². The van der Waals surface area contributed by atoms with Crippen LogP contribution in [0.1, 0.15) is 48.4 Å². The molecular weight excluding hydrogens is 300 g/mol. The number of hydrogen-bond acceptors (Lipinski definition) is 4. The molecule has 2 aromatic heterocycles. The lowest BCUT2D eigenvalue weighted by Crippen LogP contribution is -2.43. The van der Waals surface area contributed by atoms with Gasteiger partial charge in [0.1, 0.15) is 5.01 Å². The third kappa shape index (κ3) is 3.35. The molecule has 2 aromatic rings. The van der Waals surface area contributed by atoms with Crippen molar-refractivity contribution in [1.29, 1.82) is 0 Å². The number of rotatable bonds is 5. The van der Waals surface area contributed by atoms with Crippen molar-refractivity contribution in [3.63, 3.8) is 0 Å². The topological polar surface area (TPSA) is 42.0 Å². The van der Waals surface area contributed by atoms with E-state index in [1.165, 1.54) is 18.4 Å². The van der Waals surface area contributed by atoms with Crippen molar-refractivity contribution in [3.8, 4) is 0 Å². The Bertz CT molecular complexity index is 598. The van der Waals surface area contributed by atoms with Gasteiger partial charge < -0.3 is 5.32 Å². The molecule has 0 spiro atoms. The van der Waals surface area contributed by atoms with Gasteiger partial charge in [-0.15, -0.1) is 11.3 Å². The second kappa shape index (κ2) is 6.28. The molecule has 2 heterocycles. The van der Waals surface area contributed by atoms with Crippen LogP contribution in [0.25, 0.3) is 0 Å². The summed E-state index contributed by atoms with van der Waals surface area (Å²) < 4.78 is 0. The van der Waals surface area contributed by atoms with Crippen molar-refractivity contribution >= 4 is 28.6 Å². The molecule has 1 amide bonds. The van der Waals surface area contributed by atoms with Crippen molar-refractivity contribution in [1.82, 2.24) is 10.3 Å². The van der Waals surface area contributed by atoms with Crippen LogP contribution in [-0.2, 0) is 16.8 Å². The quantitative estimate of drug-likeness (QED) is 0.903. The van der Waals surface area contributed by atoms with Gasteiger partial charge in [0.2, 0.25) is 5.91 Å². The molecule has 0 unspecified atom stereocenters. The Hall–Kier alpha value is -1.20. The Labute approximate surface area is 133 Å². The molecule has 0 bridgehead atoms. The van der Waals surface area contributed by atoms with E-state index >= 15 is 0 Å². The standard InChI is InChI=1S/C16H20N2OS2/c1-12-10-21-15(17-12)16(7-2-3-8-16)18-14(19)5-4-13-6-9-20-11-13/h6,9-11H,2-5,7-8H2,1H3,(H,18,19). The van der Waals surface area contributed by atoms with Gasteiger partial charge in [0, 0.05) is 17.5 Å². The van der Waals surface area contributed by atoms with E-state index < -0.39 is 0 Å². The van der Waals surface area contributed by atoms with E-state index in [0.717, 1.165) is 30.0 Å². The Kier molecular flexibility index (Phi) is 4.40. The number of carbonyl (C=O) groups is 1. The Morgan fingerprint density at radius 1 is 1.38 bits per heavy atom. The largest absolute Gasteiger partial charge is 0.344 e. The molecule has 0 aliphatic heterocycles. The van der Waals surface area contributed by atoms with E-state index in [-0.39, 0.29) is 11.4 Å². The van der Waals surface area contributed by atoms with Crippen LogP contribution in [-0.4, -0.2) is 10.9 Å². The Morgan fingerprint density at radius 2 is 2.19 bits per heavy atom. The molecule has 21 heavy (non-hydrogen) atoms. The molecule has 3 rings (SSSR count). The van der Waals surface area contributed by atoms with Crippen molar-refractivity contribution in [2.45, 2.75) is 51.0 Å². The molecule has 5 heteroatoms. The summed E-state index contributed by atoms with van der Waals surface area (Å²) >= 11 is 3.36. The molecular formula is C16H20N2OS2. The SMILES string of the molecule is Cc1csc(C2(NC(=O)CCc3ccsc3)CCCC2)n1. The first-order valence-electron chi connectivity index (χ1n) is 7.43. The van der Waals surface area contributed by atoms with E-state index in [9.17, 15) is 4.79 Å². The number of hydrogen-bond donors (Lipinski definition) is 1. The van der Waals surface area contributed by atoms with Gasteiger partial charge in [0.25, 0.3) is 0 Å². The van der Waals surface area contributed by atoms with Gasteiger partial charge in [-0.3, -0.25) is 4.79 Å². The van der Waals surface area contributed by atoms with E-state index in [2.05, 4.69) is 32.5 Å². The second-order valence-corrected chi connectivity index (χ2v) is 7.40. The van der Waals surface area contributed by atoms with Crippen molar-refractivity contribution in [3.05, 3.63) is 38.5 Å². The summed E-state index contributed by atoms with van der Waals surface area (Å²) in [6.45, 7) is 2.01. The maximum atomic E-state index is 12.3. The van der Waals surface area contributed by atoms with Crippen LogP contribution in [0.4, 0.5) is 0 Å². The first-order valence-corrected chi connectivity index (χ1v) is 9.25. The summed E-state index contributed by atoms with van der Waals surface area (Å²) in [6, 6.07) is 2.09. The van der Waals surface area contributed by atoms with Crippen molar-refractivity contribution in [2.75, 3.05) is 0 Å². The molecule has 112 valence electrons. The zero-order valence-corrected chi connectivity index (χ0v) is 13.9. The zero-order chi connectivity index (χ0) is 14.7. The molecule has 1 saturated carbocycles. The van der Waals surface area contributed by atoms with Crippen molar-refractivity contribution < 1.29 is 4.79 Å². The molecule has 0 aromatic carbocycles. The zero-order valence-electron chi connectivity index (χ0n) is 12.2. The summed E-state index contributed by atoms with van der Waals surface area (Å²) in [7, 11) is 0. The lowest BCUT2D eigenvalue weighted by Gasteiger charge is -2.28. The molecule has 1 N–H and O–H groups in total. The summed E-state index contributed by atoms with van der Waals surface area (Å²) in [5, 5.41) is 10.6. The number of amides is 1. The van der Waals surface area contributed by atoms with Gasteiger partial charge in [-0.2, -0.15) is 11.3 Å². The van der Waals surface area contributed by atoms with Gasteiger partial charge in [-0.05, 0) is 48.6 Å². The van der Waals surface area contributed by atoms with Crippen LogP contribution in [0, 0.1) is 6.92 Å². The van der Waals surface area contributed by atoms with E-state index in [1.54, 1.807) is 22.7 Å². The highest BCUT2D eigenvalue weighted by atomic mass is 32.1. The monoisotopic (exact) mass is 320 g/mol. The highest BCUT2D eigenvalue weighted by Crippen LogP contribution is 2.40. The molecule has 1 aliphatic carbocycles. The number of nitrogens with zero attached hydrogens (tertiary/aromatic N) is 1. The molecule has 0 saturated heterocycles. The maximum absolute atomic E-state index is 12.3. The van der Waals surface area contributed by atoms with Crippen LogP contribution in [0.2, 0.25) is 0 Å². The molecule has 0 radical (unpaired) electrons. The van der Waals surface area contributed by atoms with Crippen LogP contribution in [0.5, 0.6) is 0 Å². The summed E-state index contributed by atoms with van der Waals surface area (Å²) in [6.07, 6.45) is 5.76. The summed E-state index contributed by atoms with van der Waals surface area (Å²) in [4.78, 5) is 17.0. The third-order valence-corrected chi connectivity index (χ3v) is 5.98. The van der Waals surface area contributed by atoms with Crippen LogP contribution in [0.15, 0.2) is 22.2 Å². The lowest BCUT2D eigenvalue weighted by molar-refractivity contribution is -0.123. The normalized spacial score (nSPS) is 17.0. The average Bonchev–Trinajstić information content (AvgIpc) is 3.17. The number of thiophene rings is 1. The first-order chi connectivity index (χ1) is 10.2. The fraction of sp³-hybridized carbons (Fsp3) is 0.500. The number of thiazole rings is 1. The van der Waals surface area contributed by atoms with Crippen LogP contribution in [0.3, 0.4) is 0 Å². The average molecular weight is 320 g/mol. The molecule has 0 atom stereocenters. The molecule has 3 nitrogen and oxygen atoms in total. The smallest absolute Gasteiger partial charge is 0.221 e.